The number of nitrogens with zero attached hydrogens (tertiary/aromatic N) is 3. The lowest BCUT2D eigenvalue weighted by Crippen LogP contribution is -2.45. The van der Waals surface area contributed by atoms with Gasteiger partial charge in [-0.15, -0.1) is 0 Å². The second-order valence-corrected chi connectivity index (χ2v) is 9.29. The van der Waals surface area contributed by atoms with Crippen LogP contribution >= 0.6 is 0 Å². The van der Waals surface area contributed by atoms with Crippen LogP contribution in [0, 0.1) is 6.92 Å². The monoisotopic (exact) mass is 375 g/mol. The first-order valence-corrected chi connectivity index (χ1v) is 10.9. The van der Waals surface area contributed by atoms with Crippen molar-refractivity contribution in [1.29, 1.82) is 0 Å². The van der Waals surface area contributed by atoms with E-state index in [2.05, 4.69) is 5.10 Å². The van der Waals surface area contributed by atoms with Crippen LogP contribution in [0.2, 0.25) is 0 Å². The summed E-state index contributed by atoms with van der Waals surface area (Å²) in [6, 6.07) is 10.0. The molecule has 1 aromatic heterocycles. The Labute approximate surface area is 157 Å². The van der Waals surface area contributed by atoms with Crippen molar-refractivity contribution in [1.82, 2.24) is 14.1 Å². The molecule has 0 aliphatic heterocycles. The molecular formula is C20H29N3O2S. The van der Waals surface area contributed by atoms with E-state index in [1.165, 1.54) is 6.42 Å². The lowest BCUT2D eigenvalue weighted by Gasteiger charge is -2.36. The Balaban J connectivity index is 1.90. The summed E-state index contributed by atoms with van der Waals surface area (Å²) < 4.78 is 30.3. The van der Waals surface area contributed by atoms with Gasteiger partial charge in [-0.2, -0.15) is 9.40 Å². The summed E-state index contributed by atoms with van der Waals surface area (Å²) in [4.78, 5) is 0.340. The Morgan fingerprint density at radius 2 is 1.81 bits per heavy atom. The molecule has 1 fully saturated rings. The molecule has 1 aliphatic rings. The molecule has 0 spiro atoms. The number of benzene rings is 1. The van der Waals surface area contributed by atoms with Gasteiger partial charge in [-0.3, -0.25) is 4.68 Å². The second-order valence-electron chi connectivity index (χ2n) is 7.48. The fourth-order valence-corrected chi connectivity index (χ4v) is 6.00. The molecule has 0 atom stereocenters. The van der Waals surface area contributed by atoms with Gasteiger partial charge in [0.1, 0.15) is 4.90 Å². The molecule has 1 aromatic carbocycles. The Morgan fingerprint density at radius 3 is 2.42 bits per heavy atom. The van der Waals surface area contributed by atoms with Crippen molar-refractivity contribution in [2.24, 2.45) is 0 Å². The predicted octanol–water partition coefficient (Wildman–Crippen LogP) is 3.97. The van der Waals surface area contributed by atoms with Gasteiger partial charge in [0.2, 0.25) is 10.0 Å². The molecule has 0 unspecified atom stereocenters. The van der Waals surface area contributed by atoms with Gasteiger partial charge in [-0.05, 0) is 39.2 Å². The van der Waals surface area contributed by atoms with Crippen molar-refractivity contribution in [2.75, 3.05) is 0 Å². The molecule has 1 aliphatic carbocycles. The highest BCUT2D eigenvalue weighted by atomic mass is 32.2. The molecule has 0 bridgehead atoms. The second kappa shape index (κ2) is 7.92. The van der Waals surface area contributed by atoms with Gasteiger partial charge in [0.25, 0.3) is 0 Å². The van der Waals surface area contributed by atoms with E-state index >= 15 is 0 Å². The zero-order chi connectivity index (χ0) is 18.7. The Bertz CT molecular complexity index is 822. The molecule has 5 nitrogen and oxygen atoms in total. The zero-order valence-electron chi connectivity index (χ0n) is 15.9. The first kappa shape index (κ1) is 19.1. The van der Waals surface area contributed by atoms with E-state index in [4.69, 9.17) is 0 Å². The minimum Gasteiger partial charge on any atom is -0.267 e. The van der Waals surface area contributed by atoms with Crippen molar-refractivity contribution in [2.45, 2.75) is 76.4 Å². The highest BCUT2D eigenvalue weighted by Crippen LogP contribution is 2.30. The highest BCUT2D eigenvalue weighted by Gasteiger charge is 2.36. The third-order valence-corrected chi connectivity index (χ3v) is 7.32. The van der Waals surface area contributed by atoms with E-state index in [9.17, 15) is 8.42 Å². The minimum atomic E-state index is -3.55. The normalized spacial score (nSPS) is 16.5. The molecule has 6 heteroatoms. The molecule has 0 saturated heterocycles. The summed E-state index contributed by atoms with van der Waals surface area (Å²) in [5, 5.41) is 4.47. The third kappa shape index (κ3) is 4.01. The van der Waals surface area contributed by atoms with Crippen LogP contribution in [0.25, 0.3) is 0 Å². The van der Waals surface area contributed by atoms with E-state index in [0.29, 0.717) is 17.1 Å². The van der Waals surface area contributed by atoms with Crippen molar-refractivity contribution in [3.63, 3.8) is 0 Å². The van der Waals surface area contributed by atoms with Gasteiger partial charge in [0.15, 0.2) is 0 Å². The molecule has 0 radical (unpaired) electrons. The number of rotatable bonds is 6. The molecule has 1 heterocycles. The maximum atomic E-state index is 13.4. The van der Waals surface area contributed by atoms with Crippen molar-refractivity contribution in [3.05, 3.63) is 47.8 Å². The first-order chi connectivity index (χ1) is 12.4. The van der Waals surface area contributed by atoms with Crippen LogP contribution in [0.4, 0.5) is 0 Å². The fourth-order valence-electron chi connectivity index (χ4n) is 3.95. The van der Waals surface area contributed by atoms with Gasteiger partial charge < -0.3 is 0 Å². The molecule has 1 saturated carbocycles. The summed E-state index contributed by atoms with van der Waals surface area (Å²) in [6.45, 7) is 6.29. The number of sulfonamides is 1. The Hall–Kier alpha value is -1.66. The average Bonchev–Trinajstić information content (AvgIpc) is 2.97. The van der Waals surface area contributed by atoms with Gasteiger partial charge in [-0.1, -0.05) is 49.6 Å². The maximum Gasteiger partial charge on any atom is 0.246 e. The zero-order valence-corrected chi connectivity index (χ0v) is 16.7. The van der Waals surface area contributed by atoms with Gasteiger partial charge >= 0.3 is 0 Å². The average molecular weight is 376 g/mol. The number of aryl methyl sites for hydroxylation is 1. The van der Waals surface area contributed by atoms with Crippen LogP contribution in [0.3, 0.4) is 0 Å². The van der Waals surface area contributed by atoms with E-state index in [0.717, 1.165) is 31.2 Å². The Kier molecular flexibility index (Phi) is 5.82. The lowest BCUT2D eigenvalue weighted by molar-refractivity contribution is 0.220. The highest BCUT2D eigenvalue weighted by molar-refractivity contribution is 7.89. The van der Waals surface area contributed by atoms with Crippen LogP contribution in [0.15, 0.2) is 41.4 Å². The van der Waals surface area contributed by atoms with Gasteiger partial charge in [0.05, 0.1) is 12.2 Å². The van der Waals surface area contributed by atoms with Crippen molar-refractivity contribution < 1.29 is 8.42 Å². The Morgan fingerprint density at radius 1 is 1.15 bits per heavy atom. The number of hydrogen-bond donors (Lipinski definition) is 0. The van der Waals surface area contributed by atoms with Crippen molar-refractivity contribution in [3.8, 4) is 0 Å². The van der Waals surface area contributed by atoms with E-state index in [1.54, 1.807) is 22.1 Å². The maximum absolute atomic E-state index is 13.4. The summed E-state index contributed by atoms with van der Waals surface area (Å²) in [7, 11) is -3.55. The van der Waals surface area contributed by atoms with Gasteiger partial charge in [0, 0.05) is 18.3 Å². The minimum absolute atomic E-state index is 0.0556. The summed E-state index contributed by atoms with van der Waals surface area (Å²) in [5.41, 5.74) is 1.68. The molecule has 0 amide bonds. The smallest absolute Gasteiger partial charge is 0.246 e. The van der Waals surface area contributed by atoms with Gasteiger partial charge in [-0.25, -0.2) is 8.42 Å². The largest absolute Gasteiger partial charge is 0.267 e. The van der Waals surface area contributed by atoms with Crippen LogP contribution < -0.4 is 0 Å². The first-order valence-electron chi connectivity index (χ1n) is 9.51. The van der Waals surface area contributed by atoms with Crippen LogP contribution in [0.1, 0.15) is 57.2 Å². The van der Waals surface area contributed by atoms with E-state index < -0.39 is 10.0 Å². The molecule has 142 valence electrons. The third-order valence-electron chi connectivity index (χ3n) is 5.09. The summed E-state index contributed by atoms with van der Waals surface area (Å²) >= 11 is 0. The molecule has 0 N–H and O–H groups in total. The van der Waals surface area contributed by atoms with E-state index in [-0.39, 0.29) is 12.1 Å². The predicted molar refractivity (Wildman–Crippen MR) is 104 cm³/mol. The van der Waals surface area contributed by atoms with Crippen molar-refractivity contribution >= 4 is 10.0 Å². The fraction of sp³-hybridized carbons (Fsp3) is 0.550. The molecular weight excluding hydrogens is 346 g/mol. The van der Waals surface area contributed by atoms with Crippen LogP contribution in [0.5, 0.6) is 0 Å². The summed E-state index contributed by atoms with van der Waals surface area (Å²) in [6.07, 6.45) is 7.01. The standard InChI is InChI=1S/C20H29N3O2S/c1-16(2)23(19-12-8-5-9-13-19)26(24,25)20-15-22(21-17(20)3)14-18-10-6-4-7-11-18/h4,6-7,10-11,15-16,19H,5,8-9,12-14H2,1-3H3. The number of aromatic nitrogens is 2. The molecule has 2 aromatic rings. The number of hydrogen-bond acceptors (Lipinski definition) is 3. The summed E-state index contributed by atoms with van der Waals surface area (Å²) in [5.74, 6) is 0. The van der Waals surface area contributed by atoms with Crippen LogP contribution in [-0.2, 0) is 16.6 Å². The topological polar surface area (TPSA) is 55.2 Å². The lowest BCUT2D eigenvalue weighted by atomic mass is 9.95. The molecule has 3 rings (SSSR count). The molecule has 26 heavy (non-hydrogen) atoms. The SMILES string of the molecule is Cc1nn(Cc2ccccc2)cc1S(=O)(=O)N(C(C)C)C1CCCCC1. The van der Waals surface area contributed by atoms with Crippen LogP contribution in [-0.4, -0.2) is 34.6 Å². The van der Waals surface area contributed by atoms with E-state index in [1.807, 2.05) is 44.2 Å². The quantitative estimate of drug-likeness (QED) is 0.767.